The maximum Gasteiger partial charge on any atom is 0.337 e. The molecule has 112 valence electrons. The third-order valence-corrected chi connectivity index (χ3v) is 4.55. The van der Waals surface area contributed by atoms with Gasteiger partial charge >= 0.3 is 5.97 Å². The number of benzene rings is 1. The number of sulfonamides is 1. The second kappa shape index (κ2) is 5.42. The van der Waals surface area contributed by atoms with Gasteiger partial charge in [0, 0.05) is 11.8 Å². The first-order valence-electron chi connectivity index (χ1n) is 5.83. The average Bonchev–Trinajstić information content (AvgIpc) is 2.71. The summed E-state index contributed by atoms with van der Waals surface area (Å²) in [5.41, 5.74) is -0.0768. The monoisotopic (exact) mass is 329 g/mol. The van der Waals surface area contributed by atoms with E-state index in [1.54, 1.807) is 6.92 Å². The highest BCUT2D eigenvalue weighted by molar-refractivity contribution is 7.92. The molecule has 0 fully saturated rings. The molecule has 8 heteroatoms. The van der Waals surface area contributed by atoms with Crippen LogP contribution in [0.2, 0.25) is 5.02 Å². The standard InChI is InChI=1S/C13H12ClNO5S/c1-7-5-12(8(2)20-7)21(18,19)15-9-3-4-11(14)10(6-9)13(16)17/h3-6,15H,1-2H3,(H,16,17). The molecule has 0 saturated carbocycles. The minimum absolute atomic E-state index is 0.00632. The molecule has 2 N–H and O–H groups in total. The van der Waals surface area contributed by atoms with Crippen LogP contribution < -0.4 is 4.72 Å². The van der Waals surface area contributed by atoms with Crippen LogP contribution >= 0.6 is 11.6 Å². The molecular formula is C13H12ClNO5S. The van der Waals surface area contributed by atoms with Crippen molar-refractivity contribution in [2.45, 2.75) is 18.7 Å². The van der Waals surface area contributed by atoms with Gasteiger partial charge in [-0.15, -0.1) is 0 Å². The number of carbonyl (C=O) groups is 1. The third-order valence-electron chi connectivity index (χ3n) is 2.73. The Morgan fingerprint density at radius 1 is 1.29 bits per heavy atom. The molecule has 2 rings (SSSR count). The maximum absolute atomic E-state index is 12.3. The fourth-order valence-corrected chi connectivity index (χ4v) is 3.32. The second-order valence-corrected chi connectivity index (χ2v) is 6.44. The molecule has 21 heavy (non-hydrogen) atoms. The van der Waals surface area contributed by atoms with Gasteiger partial charge in [0.15, 0.2) is 0 Å². The summed E-state index contributed by atoms with van der Waals surface area (Å²) in [6, 6.07) is 5.25. The Labute approximate surface area is 126 Å². The normalized spacial score (nSPS) is 11.4. The molecule has 0 aliphatic carbocycles. The number of carboxylic acid groups (broad SMARTS) is 1. The van der Waals surface area contributed by atoms with Crippen molar-refractivity contribution < 1.29 is 22.7 Å². The zero-order chi connectivity index (χ0) is 15.8. The van der Waals surface area contributed by atoms with E-state index in [1.165, 1.54) is 25.1 Å². The van der Waals surface area contributed by atoms with E-state index in [0.717, 1.165) is 6.07 Å². The SMILES string of the molecule is Cc1cc(S(=O)(=O)Nc2ccc(Cl)c(C(=O)O)c2)c(C)o1. The Kier molecular flexibility index (Phi) is 3.97. The fraction of sp³-hybridized carbons (Fsp3) is 0.154. The number of hydrogen-bond acceptors (Lipinski definition) is 4. The predicted octanol–water partition coefficient (Wildman–Crippen LogP) is 3.05. The maximum atomic E-state index is 12.3. The van der Waals surface area contributed by atoms with Crippen LogP contribution in [0.15, 0.2) is 33.6 Å². The minimum atomic E-state index is -3.86. The van der Waals surface area contributed by atoms with Crippen LogP contribution in [-0.4, -0.2) is 19.5 Å². The molecule has 0 saturated heterocycles. The Bertz CT molecular complexity index is 810. The Balaban J connectivity index is 2.40. The first-order chi connectivity index (χ1) is 9.70. The van der Waals surface area contributed by atoms with E-state index >= 15 is 0 Å². The molecule has 0 unspecified atom stereocenters. The Hall–Kier alpha value is -1.99. The van der Waals surface area contributed by atoms with E-state index in [0.29, 0.717) is 5.76 Å². The van der Waals surface area contributed by atoms with Gasteiger partial charge in [-0.05, 0) is 32.0 Å². The van der Waals surface area contributed by atoms with Crippen molar-refractivity contribution in [1.29, 1.82) is 0 Å². The van der Waals surface area contributed by atoms with Crippen LogP contribution in [0, 0.1) is 13.8 Å². The van der Waals surface area contributed by atoms with Crippen LogP contribution in [0.5, 0.6) is 0 Å². The lowest BCUT2D eigenvalue weighted by atomic mass is 10.2. The van der Waals surface area contributed by atoms with Gasteiger partial charge in [0.05, 0.1) is 10.6 Å². The van der Waals surface area contributed by atoms with Crippen molar-refractivity contribution in [3.63, 3.8) is 0 Å². The molecule has 1 heterocycles. The minimum Gasteiger partial charge on any atom is -0.478 e. The number of halogens is 1. The summed E-state index contributed by atoms with van der Waals surface area (Å²) < 4.78 is 32.0. The molecule has 2 aromatic rings. The zero-order valence-electron chi connectivity index (χ0n) is 11.2. The van der Waals surface area contributed by atoms with Gasteiger partial charge in [-0.1, -0.05) is 11.6 Å². The first kappa shape index (κ1) is 15.4. The molecule has 0 aliphatic rings. The second-order valence-electron chi connectivity index (χ2n) is 4.38. The van der Waals surface area contributed by atoms with Gasteiger partial charge in [-0.3, -0.25) is 4.72 Å². The quantitative estimate of drug-likeness (QED) is 0.898. The van der Waals surface area contributed by atoms with Gasteiger partial charge in [0.2, 0.25) is 0 Å². The molecule has 0 radical (unpaired) electrons. The highest BCUT2D eigenvalue weighted by Gasteiger charge is 2.21. The lowest BCUT2D eigenvalue weighted by Gasteiger charge is -2.08. The molecule has 0 spiro atoms. The van der Waals surface area contributed by atoms with Crippen LogP contribution in [0.25, 0.3) is 0 Å². The van der Waals surface area contributed by atoms with Crippen molar-refractivity contribution in [3.8, 4) is 0 Å². The van der Waals surface area contributed by atoms with E-state index in [4.69, 9.17) is 21.1 Å². The molecule has 0 bridgehead atoms. The molecule has 0 atom stereocenters. The molecule has 0 aliphatic heterocycles. The van der Waals surface area contributed by atoms with Crippen molar-refractivity contribution in [1.82, 2.24) is 0 Å². The lowest BCUT2D eigenvalue weighted by molar-refractivity contribution is 0.0697. The van der Waals surface area contributed by atoms with E-state index in [9.17, 15) is 13.2 Å². The number of hydrogen-bond donors (Lipinski definition) is 2. The average molecular weight is 330 g/mol. The van der Waals surface area contributed by atoms with Gasteiger partial charge in [0.25, 0.3) is 10.0 Å². The van der Waals surface area contributed by atoms with Crippen LogP contribution in [0.4, 0.5) is 5.69 Å². The summed E-state index contributed by atoms with van der Waals surface area (Å²) >= 11 is 5.73. The van der Waals surface area contributed by atoms with Crippen molar-refractivity contribution in [3.05, 3.63) is 46.4 Å². The van der Waals surface area contributed by atoms with E-state index in [-0.39, 0.29) is 26.9 Å². The van der Waals surface area contributed by atoms with Crippen LogP contribution in [0.3, 0.4) is 0 Å². The van der Waals surface area contributed by atoms with E-state index in [2.05, 4.69) is 4.72 Å². The third kappa shape index (κ3) is 3.20. The molecule has 0 amide bonds. The number of aromatic carboxylic acids is 1. The number of anilines is 1. The molecule has 1 aromatic heterocycles. The van der Waals surface area contributed by atoms with Gasteiger partial charge in [0.1, 0.15) is 16.4 Å². The Morgan fingerprint density at radius 3 is 2.48 bits per heavy atom. The predicted molar refractivity (Wildman–Crippen MR) is 77.4 cm³/mol. The molecule has 6 nitrogen and oxygen atoms in total. The number of furan rings is 1. The zero-order valence-corrected chi connectivity index (χ0v) is 12.7. The largest absolute Gasteiger partial charge is 0.478 e. The summed E-state index contributed by atoms with van der Waals surface area (Å²) in [7, 11) is -3.86. The topological polar surface area (TPSA) is 96.6 Å². The van der Waals surface area contributed by atoms with E-state index < -0.39 is 16.0 Å². The first-order valence-corrected chi connectivity index (χ1v) is 7.69. The molecular weight excluding hydrogens is 318 g/mol. The lowest BCUT2D eigenvalue weighted by Crippen LogP contribution is -2.13. The van der Waals surface area contributed by atoms with Gasteiger partial charge in [-0.2, -0.15) is 0 Å². The van der Waals surface area contributed by atoms with Crippen molar-refractivity contribution >= 4 is 33.3 Å². The molecule has 1 aromatic carbocycles. The summed E-state index contributed by atoms with van der Waals surface area (Å²) in [5, 5.41) is 9.00. The van der Waals surface area contributed by atoms with Crippen LogP contribution in [-0.2, 0) is 10.0 Å². The van der Waals surface area contributed by atoms with Crippen molar-refractivity contribution in [2.24, 2.45) is 0 Å². The smallest absolute Gasteiger partial charge is 0.337 e. The summed E-state index contributed by atoms with van der Waals surface area (Å²) in [6.45, 7) is 3.17. The summed E-state index contributed by atoms with van der Waals surface area (Å²) in [5.74, 6) is -0.515. The number of nitrogens with one attached hydrogen (secondary N) is 1. The summed E-state index contributed by atoms with van der Waals surface area (Å²) in [6.07, 6.45) is 0. The van der Waals surface area contributed by atoms with Gasteiger partial charge < -0.3 is 9.52 Å². The van der Waals surface area contributed by atoms with Crippen LogP contribution in [0.1, 0.15) is 21.9 Å². The fourth-order valence-electron chi connectivity index (χ4n) is 1.84. The van der Waals surface area contributed by atoms with E-state index in [1.807, 2.05) is 0 Å². The Morgan fingerprint density at radius 2 is 1.95 bits per heavy atom. The number of rotatable bonds is 4. The van der Waals surface area contributed by atoms with Gasteiger partial charge in [-0.25, -0.2) is 13.2 Å². The highest BCUT2D eigenvalue weighted by atomic mass is 35.5. The van der Waals surface area contributed by atoms with Crippen molar-refractivity contribution in [2.75, 3.05) is 4.72 Å². The number of aryl methyl sites for hydroxylation is 2. The highest BCUT2D eigenvalue weighted by Crippen LogP contribution is 2.25. The number of carboxylic acids is 1. The summed E-state index contributed by atoms with van der Waals surface area (Å²) in [4.78, 5) is 11.0.